The van der Waals surface area contributed by atoms with Crippen molar-refractivity contribution < 1.29 is 23.9 Å². The van der Waals surface area contributed by atoms with Crippen LogP contribution in [0.5, 0.6) is 11.5 Å². The van der Waals surface area contributed by atoms with Crippen LogP contribution in [0.25, 0.3) is 0 Å². The standard InChI is InChI=1S/C20H22N2O5/c1-14(23)15-4-8-18(9-5-15)27-13-20(25)22(2)12-19(24)21-16-6-10-17(26-3)11-7-16/h4-11H,12-13H2,1-3H3,(H,21,24). The van der Waals surface area contributed by atoms with Crippen molar-refractivity contribution in [2.45, 2.75) is 6.92 Å². The Balaban J connectivity index is 1.79. The second kappa shape index (κ2) is 9.38. The smallest absolute Gasteiger partial charge is 0.260 e. The third-order valence-corrected chi connectivity index (χ3v) is 3.80. The number of anilines is 1. The Bertz CT molecular complexity index is 800. The van der Waals surface area contributed by atoms with E-state index in [0.29, 0.717) is 22.7 Å². The van der Waals surface area contributed by atoms with Crippen molar-refractivity contribution in [1.29, 1.82) is 0 Å². The topological polar surface area (TPSA) is 84.9 Å². The molecule has 2 rings (SSSR count). The van der Waals surface area contributed by atoms with Crippen LogP contribution in [0.15, 0.2) is 48.5 Å². The lowest BCUT2D eigenvalue weighted by atomic mass is 10.1. The summed E-state index contributed by atoms with van der Waals surface area (Å²) in [6.07, 6.45) is 0. The highest BCUT2D eigenvalue weighted by molar-refractivity contribution is 5.95. The van der Waals surface area contributed by atoms with Gasteiger partial charge in [0.25, 0.3) is 5.91 Å². The Kier molecular flexibility index (Phi) is 6.93. The molecule has 0 unspecified atom stereocenters. The highest BCUT2D eigenvalue weighted by atomic mass is 16.5. The quantitative estimate of drug-likeness (QED) is 0.721. The van der Waals surface area contributed by atoms with Gasteiger partial charge in [0.1, 0.15) is 11.5 Å². The summed E-state index contributed by atoms with van der Waals surface area (Å²) in [6, 6.07) is 13.4. The third-order valence-electron chi connectivity index (χ3n) is 3.80. The van der Waals surface area contributed by atoms with Crippen LogP contribution in [0.2, 0.25) is 0 Å². The molecule has 0 aliphatic carbocycles. The number of likely N-dealkylation sites (N-methyl/N-ethyl adjacent to an activating group) is 1. The average molecular weight is 370 g/mol. The summed E-state index contributed by atoms with van der Waals surface area (Å²) in [6.45, 7) is 1.18. The van der Waals surface area contributed by atoms with Gasteiger partial charge < -0.3 is 19.7 Å². The Morgan fingerprint density at radius 3 is 2.11 bits per heavy atom. The highest BCUT2D eigenvalue weighted by Crippen LogP contribution is 2.15. The van der Waals surface area contributed by atoms with Crippen LogP contribution in [0, 0.1) is 0 Å². The van der Waals surface area contributed by atoms with E-state index in [9.17, 15) is 14.4 Å². The maximum Gasteiger partial charge on any atom is 0.260 e. The number of ketones is 1. The van der Waals surface area contributed by atoms with Crippen LogP contribution in [0.3, 0.4) is 0 Å². The minimum Gasteiger partial charge on any atom is -0.497 e. The fourth-order valence-electron chi connectivity index (χ4n) is 2.22. The summed E-state index contributed by atoms with van der Waals surface area (Å²) < 4.78 is 10.5. The van der Waals surface area contributed by atoms with Gasteiger partial charge in [0, 0.05) is 18.3 Å². The summed E-state index contributed by atoms with van der Waals surface area (Å²) in [5.74, 6) is 0.468. The van der Waals surface area contributed by atoms with E-state index in [1.165, 1.54) is 18.9 Å². The summed E-state index contributed by atoms with van der Waals surface area (Å²) >= 11 is 0. The summed E-state index contributed by atoms with van der Waals surface area (Å²) in [5, 5.41) is 2.71. The first-order chi connectivity index (χ1) is 12.9. The molecule has 0 fully saturated rings. The van der Waals surface area contributed by atoms with Gasteiger partial charge in [-0.2, -0.15) is 0 Å². The van der Waals surface area contributed by atoms with Crippen molar-refractivity contribution in [2.75, 3.05) is 32.6 Å². The van der Waals surface area contributed by atoms with Crippen LogP contribution in [-0.4, -0.2) is 49.8 Å². The molecular formula is C20H22N2O5. The van der Waals surface area contributed by atoms with Gasteiger partial charge in [-0.15, -0.1) is 0 Å². The number of amides is 2. The zero-order valence-corrected chi connectivity index (χ0v) is 15.5. The maximum absolute atomic E-state index is 12.1. The maximum atomic E-state index is 12.1. The molecule has 0 aliphatic heterocycles. The van der Waals surface area contributed by atoms with E-state index in [2.05, 4.69) is 5.32 Å². The number of hydrogen-bond donors (Lipinski definition) is 1. The molecule has 1 N–H and O–H groups in total. The first kappa shape index (κ1) is 20.0. The van der Waals surface area contributed by atoms with E-state index in [-0.39, 0.29) is 30.7 Å². The van der Waals surface area contributed by atoms with Crippen molar-refractivity contribution in [2.24, 2.45) is 0 Å². The molecular weight excluding hydrogens is 348 g/mol. The number of ether oxygens (including phenoxy) is 2. The number of nitrogens with zero attached hydrogens (tertiary/aromatic N) is 1. The number of hydrogen-bond acceptors (Lipinski definition) is 5. The molecule has 142 valence electrons. The van der Waals surface area contributed by atoms with Gasteiger partial charge in [-0.25, -0.2) is 0 Å². The molecule has 7 heteroatoms. The Labute approximate surface area is 157 Å². The van der Waals surface area contributed by atoms with Crippen LogP contribution in [-0.2, 0) is 9.59 Å². The fraction of sp³-hybridized carbons (Fsp3) is 0.250. The van der Waals surface area contributed by atoms with Crippen LogP contribution >= 0.6 is 0 Å². The summed E-state index contributed by atoms with van der Waals surface area (Å²) in [7, 11) is 3.09. The molecule has 0 bridgehead atoms. The molecule has 0 radical (unpaired) electrons. The molecule has 2 aromatic carbocycles. The van der Waals surface area contributed by atoms with E-state index < -0.39 is 0 Å². The molecule has 0 aliphatic rings. The first-order valence-electron chi connectivity index (χ1n) is 8.30. The number of Topliss-reactive ketones (excluding diaryl/α,β-unsaturated/α-hetero) is 1. The van der Waals surface area contributed by atoms with Crippen molar-refractivity contribution in [3.8, 4) is 11.5 Å². The van der Waals surface area contributed by atoms with Gasteiger partial charge in [0.05, 0.1) is 13.7 Å². The Hall–Kier alpha value is -3.35. The minimum absolute atomic E-state index is 0.0415. The van der Waals surface area contributed by atoms with E-state index in [1.807, 2.05) is 0 Å². The van der Waals surface area contributed by atoms with E-state index in [4.69, 9.17) is 9.47 Å². The van der Waals surface area contributed by atoms with E-state index in [1.54, 1.807) is 55.6 Å². The van der Waals surface area contributed by atoms with Crippen LogP contribution in [0.1, 0.15) is 17.3 Å². The van der Waals surface area contributed by atoms with Gasteiger partial charge in [-0.1, -0.05) is 0 Å². The lowest BCUT2D eigenvalue weighted by Gasteiger charge is -2.17. The molecule has 0 aromatic heterocycles. The number of nitrogens with one attached hydrogen (secondary N) is 1. The molecule has 7 nitrogen and oxygen atoms in total. The second-order valence-electron chi connectivity index (χ2n) is 5.90. The molecule has 0 saturated heterocycles. The number of carbonyl (C=O) groups is 3. The lowest BCUT2D eigenvalue weighted by molar-refractivity contribution is -0.135. The zero-order valence-electron chi connectivity index (χ0n) is 15.5. The molecule has 0 atom stereocenters. The van der Waals surface area contributed by atoms with Crippen molar-refractivity contribution in [3.63, 3.8) is 0 Å². The van der Waals surface area contributed by atoms with E-state index in [0.717, 1.165) is 0 Å². The van der Waals surface area contributed by atoms with Gasteiger partial charge >= 0.3 is 0 Å². The predicted octanol–water partition coefficient (Wildman–Crippen LogP) is 2.37. The highest BCUT2D eigenvalue weighted by Gasteiger charge is 2.14. The number of methoxy groups -OCH3 is 1. The molecule has 27 heavy (non-hydrogen) atoms. The average Bonchev–Trinajstić information content (AvgIpc) is 2.66. The molecule has 0 saturated carbocycles. The first-order valence-corrected chi connectivity index (χ1v) is 8.30. The molecule has 2 aromatic rings. The third kappa shape index (κ3) is 6.14. The Morgan fingerprint density at radius 2 is 1.56 bits per heavy atom. The van der Waals surface area contributed by atoms with E-state index >= 15 is 0 Å². The zero-order chi connectivity index (χ0) is 19.8. The summed E-state index contributed by atoms with van der Waals surface area (Å²) in [5.41, 5.74) is 1.18. The second-order valence-corrected chi connectivity index (χ2v) is 5.90. The van der Waals surface area contributed by atoms with Gasteiger partial charge in [0.2, 0.25) is 5.91 Å². The number of carbonyl (C=O) groups excluding carboxylic acids is 3. The SMILES string of the molecule is COc1ccc(NC(=O)CN(C)C(=O)COc2ccc(C(C)=O)cc2)cc1. The fourth-order valence-corrected chi connectivity index (χ4v) is 2.22. The number of rotatable bonds is 8. The molecule has 2 amide bonds. The number of benzene rings is 2. The Morgan fingerprint density at radius 1 is 0.963 bits per heavy atom. The van der Waals surface area contributed by atoms with Gasteiger partial charge in [0.15, 0.2) is 12.4 Å². The van der Waals surface area contributed by atoms with Crippen molar-refractivity contribution >= 4 is 23.3 Å². The molecule has 0 spiro atoms. The van der Waals surface area contributed by atoms with Gasteiger partial charge in [-0.05, 0) is 55.5 Å². The van der Waals surface area contributed by atoms with Crippen LogP contribution < -0.4 is 14.8 Å². The van der Waals surface area contributed by atoms with Gasteiger partial charge in [-0.3, -0.25) is 14.4 Å². The monoisotopic (exact) mass is 370 g/mol. The summed E-state index contributed by atoms with van der Waals surface area (Å²) in [4.78, 5) is 36.7. The normalized spacial score (nSPS) is 10.0. The molecule has 0 heterocycles. The van der Waals surface area contributed by atoms with Crippen molar-refractivity contribution in [3.05, 3.63) is 54.1 Å². The predicted molar refractivity (Wildman–Crippen MR) is 101 cm³/mol. The van der Waals surface area contributed by atoms with Crippen LogP contribution in [0.4, 0.5) is 5.69 Å². The minimum atomic E-state index is -0.337. The largest absolute Gasteiger partial charge is 0.497 e. The van der Waals surface area contributed by atoms with Crippen molar-refractivity contribution in [1.82, 2.24) is 4.90 Å². The lowest BCUT2D eigenvalue weighted by Crippen LogP contribution is -2.37.